The van der Waals surface area contributed by atoms with Crippen LogP contribution in [0.2, 0.25) is 25.7 Å². The van der Waals surface area contributed by atoms with Crippen molar-refractivity contribution in [3.8, 4) is 0 Å². The number of amides is 3. The van der Waals surface area contributed by atoms with Crippen LogP contribution in [0, 0.1) is 5.92 Å². The van der Waals surface area contributed by atoms with Crippen LogP contribution in [-0.4, -0.2) is 57.1 Å². The second kappa shape index (κ2) is 11.5. The smallest absolute Gasteiger partial charge is 0.333 e. The van der Waals surface area contributed by atoms with E-state index in [0.717, 1.165) is 11.6 Å². The first-order chi connectivity index (χ1) is 14.1. The van der Waals surface area contributed by atoms with Crippen molar-refractivity contribution in [1.29, 1.82) is 0 Å². The Kier molecular flexibility index (Phi) is 9.32. The molecule has 0 saturated carbocycles. The second-order valence-electron chi connectivity index (χ2n) is 9.53. The number of rotatable bonds is 10. The fourth-order valence-electron chi connectivity index (χ4n) is 3.18. The van der Waals surface area contributed by atoms with Crippen LogP contribution in [-0.2, 0) is 20.7 Å². The largest absolute Gasteiger partial charge is 0.356 e. The molecular weight excluding hydrogens is 398 g/mol. The van der Waals surface area contributed by atoms with E-state index >= 15 is 0 Å². The molecule has 2 N–H and O–H groups in total. The van der Waals surface area contributed by atoms with E-state index in [0.29, 0.717) is 19.4 Å². The molecule has 1 aliphatic rings. The molecule has 1 heterocycles. The van der Waals surface area contributed by atoms with E-state index in [1.165, 1.54) is 5.01 Å². The van der Waals surface area contributed by atoms with E-state index in [-0.39, 0.29) is 37.3 Å². The first kappa shape index (κ1) is 24.4. The van der Waals surface area contributed by atoms with Gasteiger partial charge in [-0.3, -0.25) is 4.79 Å². The molecule has 8 heteroatoms. The van der Waals surface area contributed by atoms with Crippen molar-refractivity contribution in [1.82, 2.24) is 15.8 Å². The maximum Gasteiger partial charge on any atom is 0.333 e. The predicted molar refractivity (Wildman–Crippen MR) is 121 cm³/mol. The van der Waals surface area contributed by atoms with Crippen molar-refractivity contribution < 1.29 is 19.1 Å². The van der Waals surface area contributed by atoms with Gasteiger partial charge in [-0.25, -0.2) is 15.2 Å². The predicted octanol–water partition coefficient (Wildman–Crippen LogP) is 3.40. The van der Waals surface area contributed by atoms with Crippen molar-refractivity contribution in [2.24, 2.45) is 5.92 Å². The van der Waals surface area contributed by atoms with E-state index in [9.17, 15) is 9.59 Å². The number of hydrogen-bond donors (Lipinski definition) is 2. The summed E-state index contributed by atoms with van der Waals surface area (Å²) in [5.41, 5.74) is 3.77. The van der Waals surface area contributed by atoms with Crippen LogP contribution in [0.3, 0.4) is 0 Å². The van der Waals surface area contributed by atoms with E-state index in [2.05, 4.69) is 30.4 Å². The molecule has 30 heavy (non-hydrogen) atoms. The Hall–Kier alpha value is -1.90. The van der Waals surface area contributed by atoms with E-state index in [1.54, 1.807) is 0 Å². The molecule has 1 fully saturated rings. The minimum atomic E-state index is -1.17. The second-order valence-corrected chi connectivity index (χ2v) is 15.1. The lowest BCUT2D eigenvalue weighted by molar-refractivity contribution is -0.140. The Bertz CT molecular complexity index is 679. The minimum absolute atomic E-state index is 0.117. The quantitative estimate of drug-likeness (QED) is 0.335. The van der Waals surface area contributed by atoms with Gasteiger partial charge in [0.15, 0.2) is 0 Å². The van der Waals surface area contributed by atoms with Gasteiger partial charge in [-0.05, 0) is 23.9 Å². The fourth-order valence-corrected chi connectivity index (χ4v) is 3.94. The maximum absolute atomic E-state index is 12.6. The Morgan fingerprint density at radius 1 is 1.23 bits per heavy atom. The molecule has 0 unspecified atom stereocenters. The zero-order valence-corrected chi connectivity index (χ0v) is 19.9. The van der Waals surface area contributed by atoms with Crippen LogP contribution in [0.1, 0.15) is 25.8 Å². The third kappa shape index (κ3) is 8.85. The topological polar surface area (TPSA) is 79.9 Å². The molecule has 3 amide bonds. The maximum atomic E-state index is 12.6. The monoisotopic (exact) mass is 435 g/mol. The van der Waals surface area contributed by atoms with Gasteiger partial charge in [0.1, 0.15) is 12.9 Å². The summed E-state index contributed by atoms with van der Waals surface area (Å²) >= 11 is 0. The summed E-state index contributed by atoms with van der Waals surface area (Å²) in [4.78, 5) is 25.0. The number of urea groups is 1. The molecule has 168 valence electrons. The highest BCUT2D eigenvalue weighted by atomic mass is 28.3. The van der Waals surface area contributed by atoms with Crippen LogP contribution in [0.4, 0.5) is 4.79 Å². The number of benzene rings is 1. The lowest BCUT2D eigenvalue weighted by atomic mass is 10.0. The summed E-state index contributed by atoms with van der Waals surface area (Å²) in [5.74, 6) is 0.0868. The lowest BCUT2D eigenvalue weighted by Gasteiger charge is -2.28. The molecule has 7 nitrogen and oxygen atoms in total. The van der Waals surface area contributed by atoms with Gasteiger partial charge >= 0.3 is 6.03 Å². The minimum Gasteiger partial charge on any atom is -0.356 e. The highest BCUT2D eigenvalue weighted by Gasteiger charge is 2.33. The van der Waals surface area contributed by atoms with Crippen LogP contribution in [0.5, 0.6) is 0 Å². The molecule has 1 saturated heterocycles. The fraction of sp³-hybridized carbons (Fsp3) is 0.636. The molecule has 0 spiro atoms. The SMILES string of the molecule is CC(C)CC(=O)N1C[C@@H](OCOCC[Si](C)(C)C)[C@@H](Cc2ccccc2)NC(=O)N1. The number of carbonyl (C=O) groups excluding carboxylic acids is 2. The highest BCUT2D eigenvalue weighted by molar-refractivity contribution is 6.76. The van der Waals surface area contributed by atoms with Crippen molar-refractivity contribution in [2.75, 3.05) is 19.9 Å². The Morgan fingerprint density at radius 2 is 1.93 bits per heavy atom. The van der Waals surface area contributed by atoms with Crippen molar-refractivity contribution >= 4 is 20.0 Å². The normalized spacial score (nSPS) is 19.9. The van der Waals surface area contributed by atoms with Gasteiger partial charge in [0.05, 0.1) is 12.6 Å². The zero-order chi connectivity index (χ0) is 22.1. The molecular formula is C22H37N3O4Si. The average molecular weight is 436 g/mol. The molecule has 2 rings (SSSR count). The molecule has 0 radical (unpaired) electrons. The molecule has 1 aromatic carbocycles. The summed E-state index contributed by atoms with van der Waals surface area (Å²) < 4.78 is 11.8. The third-order valence-corrected chi connectivity index (χ3v) is 6.61. The number of carbonyl (C=O) groups is 2. The van der Waals surface area contributed by atoms with Crippen LogP contribution < -0.4 is 10.7 Å². The van der Waals surface area contributed by atoms with Gasteiger partial charge in [-0.2, -0.15) is 0 Å². The van der Waals surface area contributed by atoms with E-state index in [1.807, 2.05) is 44.2 Å². The first-order valence-electron chi connectivity index (χ1n) is 10.7. The van der Waals surface area contributed by atoms with Crippen molar-refractivity contribution in [3.05, 3.63) is 35.9 Å². The molecule has 2 atom stereocenters. The summed E-state index contributed by atoms with van der Waals surface area (Å²) in [6.07, 6.45) is 0.593. The van der Waals surface area contributed by atoms with Gasteiger partial charge in [0.25, 0.3) is 0 Å². The molecule has 0 aromatic heterocycles. The number of ether oxygens (including phenoxy) is 2. The van der Waals surface area contributed by atoms with E-state index in [4.69, 9.17) is 9.47 Å². The zero-order valence-electron chi connectivity index (χ0n) is 18.9. The van der Waals surface area contributed by atoms with Crippen LogP contribution >= 0.6 is 0 Å². The van der Waals surface area contributed by atoms with Crippen LogP contribution in [0.25, 0.3) is 0 Å². The first-order valence-corrected chi connectivity index (χ1v) is 14.5. The van der Waals surface area contributed by atoms with Crippen LogP contribution in [0.15, 0.2) is 30.3 Å². The summed E-state index contributed by atoms with van der Waals surface area (Å²) in [5, 5.41) is 4.35. The summed E-state index contributed by atoms with van der Waals surface area (Å²) in [6, 6.07) is 10.3. The van der Waals surface area contributed by atoms with Gasteiger partial charge < -0.3 is 14.8 Å². The molecule has 1 aliphatic heterocycles. The Morgan fingerprint density at radius 3 is 2.57 bits per heavy atom. The number of hydrogen-bond acceptors (Lipinski definition) is 4. The lowest BCUT2D eigenvalue weighted by Crippen LogP contribution is -2.48. The Labute approximate surface area is 181 Å². The highest BCUT2D eigenvalue weighted by Crippen LogP contribution is 2.15. The van der Waals surface area contributed by atoms with Gasteiger partial charge in [0.2, 0.25) is 5.91 Å². The van der Waals surface area contributed by atoms with Crippen molar-refractivity contribution in [2.45, 2.75) is 64.5 Å². The Balaban J connectivity index is 2.06. The third-order valence-electron chi connectivity index (χ3n) is 4.91. The number of nitrogens with one attached hydrogen (secondary N) is 2. The summed E-state index contributed by atoms with van der Waals surface area (Å²) in [7, 11) is -1.17. The molecule has 0 aliphatic carbocycles. The number of nitrogens with zero attached hydrogens (tertiary/aromatic N) is 1. The van der Waals surface area contributed by atoms with Gasteiger partial charge in [-0.1, -0.05) is 63.8 Å². The molecule has 0 bridgehead atoms. The average Bonchev–Trinajstić information content (AvgIpc) is 2.79. The van der Waals surface area contributed by atoms with E-state index < -0.39 is 14.1 Å². The summed E-state index contributed by atoms with van der Waals surface area (Å²) in [6.45, 7) is 11.9. The number of hydrazine groups is 1. The van der Waals surface area contributed by atoms with Crippen molar-refractivity contribution in [3.63, 3.8) is 0 Å². The molecule has 1 aromatic rings. The standard InChI is InChI=1S/C22H37N3O4Si/c1-17(2)13-21(26)25-15-20(29-16-28-11-12-30(3,4)5)19(23-22(27)24-25)14-18-9-7-6-8-10-18/h6-10,17,19-20H,11-16H2,1-5H3,(H2,23,24,27)/t19-,20-/m1/s1. The van der Waals surface area contributed by atoms with Gasteiger partial charge in [-0.15, -0.1) is 0 Å². The van der Waals surface area contributed by atoms with Gasteiger partial charge in [0, 0.05) is 21.1 Å².